The lowest BCUT2D eigenvalue weighted by atomic mass is 10.1. The van der Waals surface area contributed by atoms with Gasteiger partial charge >= 0.3 is 0 Å². The van der Waals surface area contributed by atoms with Gasteiger partial charge in [-0.1, -0.05) is 0 Å². The van der Waals surface area contributed by atoms with Crippen LogP contribution < -0.4 is 10.6 Å². The van der Waals surface area contributed by atoms with E-state index in [1.807, 2.05) is 12.3 Å². The highest BCUT2D eigenvalue weighted by Gasteiger charge is 2.19. The topological polar surface area (TPSA) is 54.0 Å². The number of aryl methyl sites for hydroxylation is 1. The molecule has 1 saturated heterocycles. The summed E-state index contributed by atoms with van der Waals surface area (Å²) in [6.07, 6.45) is 3.11. The zero-order valence-electron chi connectivity index (χ0n) is 9.45. The van der Waals surface area contributed by atoms with Gasteiger partial charge in [-0.05, 0) is 26.2 Å². The summed E-state index contributed by atoms with van der Waals surface area (Å²) in [6.45, 7) is 3.49. The van der Waals surface area contributed by atoms with Crippen molar-refractivity contribution >= 4 is 17.2 Å². The van der Waals surface area contributed by atoms with Crippen LogP contribution in [0.15, 0.2) is 5.38 Å². The van der Waals surface area contributed by atoms with Gasteiger partial charge in [0.1, 0.15) is 0 Å². The van der Waals surface area contributed by atoms with Crippen LogP contribution in [0.3, 0.4) is 0 Å². The zero-order chi connectivity index (χ0) is 11.4. The van der Waals surface area contributed by atoms with Crippen LogP contribution in [0.25, 0.3) is 0 Å². The van der Waals surface area contributed by atoms with Gasteiger partial charge in [-0.2, -0.15) is 0 Å². The SMILES string of the molecule is Cc1nc(CNC2CCCCNC2=O)cs1. The molecule has 0 aliphatic carbocycles. The molecule has 0 bridgehead atoms. The summed E-state index contributed by atoms with van der Waals surface area (Å²) < 4.78 is 0. The Morgan fingerprint density at radius 1 is 1.62 bits per heavy atom. The van der Waals surface area contributed by atoms with E-state index >= 15 is 0 Å². The Balaban J connectivity index is 1.86. The second-order valence-electron chi connectivity index (χ2n) is 4.08. The van der Waals surface area contributed by atoms with Gasteiger partial charge < -0.3 is 10.6 Å². The van der Waals surface area contributed by atoms with E-state index in [0.29, 0.717) is 6.54 Å². The molecule has 1 aromatic rings. The Labute approximate surface area is 99.5 Å². The van der Waals surface area contributed by atoms with Crippen LogP contribution in [0.4, 0.5) is 0 Å². The Morgan fingerprint density at radius 3 is 3.25 bits per heavy atom. The Kier molecular flexibility index (Phi) is 3.90. The van der Waals surface area contributed by atoms with E-state index in [4.69, 9.17) is 0 Å². The van der Waals surface area contributed by atoms with Crippen LogP contribution in [0.1, 0.15) is 30.0 Å². The molecule has 0 aromatic carbocycles. The van der Waals surface area contributed by atoms with E-state index in [1.54, 1.807) is 11.3 Å². The summed E-state index contributed by atoms with van der Waals surface area (Å²) >= 11 is 1.64. The first-order chi connectivity index (χ1) is 7.75. The third-order valence-electron chi connectivity index (χ3n) is 2.73. The predicted octanol–water partition coefficient (Wildman–Crippen LogP) is 1.21. The molecule has 1 aliphatic rings. The van der Waals surface area contributed by atoms with Crippen molar-refractivity contribution in [1.82, 2.24) is 15.6 Å². The molecule has 1 amide bonds. The fourth-order valence-electron chi connectivity index (χ4n) is 1.85. The molecule has 4 nitrogen and oxygen atoms in total. The minimum atomic E-state index is -0.0514. The van der Waals surface area contributed by atoms with Crippen LogP contribution in [0, 0.1) is 6.92 Å². The first-order valence-corrected chi connectivity index (χ1v) is 6.56. The van der Waals surface area contributed by atoms with Gasteiger partial charge in [-0.3, -0.25) is 4.79 Å². The largest absolute Gasteiger partial charge is 0.355 e. The number of rotatable bonds is 3. The normalized spacial score (nSPS) is 21.6. The molecule has 1 atom stereocenters. The van der Waals surface area contributed by atoms with Gasteiger partial charge in [0.05, 0.1) is 16.7 Å². The molecule has 16 heavy (non-hydrogen) atoms. The van der Waals surface area contributed by atoms with Gasteiger partial charge in [-0.15, -0.1) is 11.3 Å². The van der Waals surface area contributed by atoms with Crippen LogP contribution in [-0.4, -0.2) is 23.5 Å². The molecule has 2 heterocycles. The molecule has 1 aliphatic heterocycles. The molecule has 0 saturated carbocycles. The Morgan fingerprint density at radius 2 is 2.50 bits per heavy atom. The van der Waals surface area contributed by atoms with Crippen molar-refractivity contribution in [3.63, 3.8) is 0 Å². The highest BCUT2D eigenvalue weighted by molar-refractivity contribution is 7.09. The molecule has 0 radical (unpaired) electrons. The van der Waals surface area contributed by atoms with Gasteiger partial charge in [0, 0.05) is 18.5 Å². The third-order valence-corrected chi connectivity index (χ3v) is 3.55. The van der Waals surface area contributed by atoms with Crippen molar-refractivity contribution in [2.45, 2.75) is 38.8 Å². The summed E-state index contributed by atoms with van der Waals surface area (Å²) in [4.78, 5) is 16.0. The summed E-state index contributed by atoms with van der Waals surface area (Å²) in [6, 6.07) is -0.0514. The summed E-state index contributed by atoms with van der Waals surface area (Å²) in [5.41, 5.74) is 1.03. The number of hydrogen-bond acceptors (Lipinski definition) is 4. The number of hydrogen-bond donors (Lipinski definition) is 2. The average Bonchev–Trinajstić information content (AvgIpc) is 2.56. The van der Waals surface area contributed by atoms with E-state index in [2.05, 4.69) is 15.6 Å². The second-order valence-corrected chi connectivity index (χ2v) is 5.14. The minimum absolute atomic E-state index is 0.0514. The molecule has 88 valence electrons. The predicted molar refractivity (Wildman–Crippen MR) is 64.3 cm³/mol. The third kappa shape index (κ3) is 3.02. The number of aromatic nitrogens is 1. The van der Waals surface area contributed by atoms with Gasteiger partial charge in [0.2, 0.25) is 5.91 Å². The maximum absolute atomic E-state index is 11.6. The maximum atomic E-state index is 11.6. The first-order valence-electron chi connectivity index (χ1n) is 5.68. The van der Waals surface area contributed by atoms with Crippen LogP contribution >= 0.6 is 11.3 Å². The van der Waals surface area contributed by atoms with E-state index in [0.717, 1.165) is 36.5 Å². The fourth-order valence-corrected chi connectivity index (χ4v) is 2.46. The van der Waals surface area contributed by atoms with Crippen molar-refractivity contribution < 1.29 is 4.79 Å². The van der Waals surface area contributed by atoms with Crippen LogP contribution in [-0.2, 0) is 11.3 Å². The lowest BCUT2D eigenvalue weighted by Crippen LogP contribution is -2.42. The number of thiazole rings is 1. The smallest absolute Gasteiger partial charge is 0.237 e. The van der Waals surface area contributed by atoms with E-state index < -0.39 is 0 Å². The number of carbonyl (C=O) groups is 1. The van der Waals surface area contributed by atoms with Crippen molar-refractivity contribution in [3.05, 3.63) is 16.1 Å². The molecule has 1 fully saturated rings. The number of nitrogens with one attached hydrogen (secondary N) is 2. The van der Waals surface area contributed by atoms with Crippen LogP contribution in [0.2, 0.25) is 0 Å². The number of carbonyl (C=O) groups excluding carboxylic acids is 1. The van der Waals surface area contributed by atoms with Gasteiger partial charge in [0.15, 0.2) is 0 Å². The number of amides is 1. The van der Waals surface area contributed by atoms with Gasteiger partial charge in [-0.25, -0.2) is 4.98 Å². The molecule has 2 rings (SSSR count). The maximum Gasteiger partial charge on any atom is 0.237 e. The van der Waals surface area contributed by atoms with Crippen molar-refractivity contribution in [2.24, 2.45) is 0 Å². The molecule has 5 heteroatoms. The summed E-state index contributed by atoms with van der Waals surface area (Å²) in [5, 5.41) is 9.30. The molecule has 1 aromatic heterocycles. The molecular weight excluding hydrogens is 222 g/mol. The fraction of sp³-hybridized carbons (Fsp3) is 0.636. The Hall–Kier alpha value is -0.940. The monoisotopic (exact) mass is 239 g/mol. The lowest BCUT2D eigenvalue weighted by Gasteiger charge is -2.13. The van der Waals surface area contributed by atoms with Crippen molar-refractivity contribution in [1.29, 1.82) is 0 Å². The highest BCUT2D eigenvalue weighted by Crippen LogP contribution is 2.09. The van der Waals surface area contributed by atoms with Gasteiger partial charge in [0.25, 0.3) is 0 Å². The summed E-state index contributed by atoms with van der Waals surface area (Å²) in [5.74, 6) is 0.129. The highest BCUT2D eigenvalue weighted by atomic mass is 32.1. The van der Waals surface area contributed by atoms with E-state index in [-0.39, 0.29) is 11.9 Å². The number of nitrogens with zero attached hydrogens (tertiary/aromatic N) is 1. The molecule has 1 unspecified atom stereocenters. The standard InChI is InChI=1S/C11H17N3OS/c1-8-14-9(7-16-8)6-13-10-4-2-3-5-12-11(10)15/h7,10,13H,2-6H2,1H3,(H,12,15). The quantitative estimate of drug-likeness (QED) is 0.833. The molecule has 0 spiro atoms. The summed E-state index contributed by atoms with van der Waals surface area (Å²) in [7, 11) is 0. The lowest BCUT2D eigenvalue weighted by molar-refractivity contribution is -0.122. The van der Waals surface area contributed by atoms with E-state index in [9.17, 15) is 4.79 Å². The molecule has 2 N–H and O–H groups in total. The first kappa shape index (κ1) is 11.5. The average molecular weight is 239 g/mol. The van der Waals surface area contributed by atoms with Crippen molar-refractivity contribution in [3.8, 4) is 0 Å². The minimum Gasteiger partial charge on any atom is -0.355 e. The van der Waals surface area contributed by atoms with Crippen molar-refractivity contribution in [2.75, 3.05) is 6.54 Å². The Bertz CT molecular complexity index is 364. The molecular formula is C11H17N3OS. The van der Waals surface area contributed by atoms with Crippen LogP contribution in [0.5, 0.6) is 0 Å². The zero-order valence-corrected chi connectivity index (χ0v) is 10.3. The van der Waals surface area contributed by atoms with E-state index in [1.165, 1.54) is 0 Å². The second kappa shape index (κ2) is 5.41.